The molecule has 2 aliphatic carbocycles. The fourth-order valence-electron chi connectivity index (χ4n) is 5.70. The van der Waals surface area contributed by atoms with Gasteiger partial charge in [-0.1, -0.05) is 18.0 Å². The summed E-state index contributed by atoms with van der Waals surface area (Å²) in [5.74, 6) is 2.03. The minimum atomic E-state index is -0.0992. The van der Waals surface area contributed by atoms with E-state index in [-0.39, 0.29) is 11.8 Å². The average molecular weight is 481 g/mol. The van der Waals surface area contributed by atoms with Crippen molar-refractivity contribution in [2.45, 2.75) is 58.1 Å². The number of hydrogen-bond donors (Lipinski definition) is 0. The molecule has 0 spiro atoms. The third-order valence-corrected chi connectivity index (χ3v) is 8.76. The SMILES string of the molecule is Cc1cc(Cl)cc(-c2ccnc3cc(CN4C(=O)CCC4=O)sc23)c1OC1[C@@H]2CCC[C@H]1C2. The van der Waals surface area contributed by atoms with E-state index in [1.807, 2.05) is 24.3 Å². The summed E-state index contributed by atoms with van der Waals surface area (Å²) < 4.78 is 7.73. The molecule has 2 aromatic heterocycles. The first-order valence-corrected chi connectivity index (χ1v) is 12.8. The number of rotatable bonds is 5. The van der Waals surface area contributed by atoms with Crippen molar-refractivity contribution in [2.24, 2.45) is 11.8 Å². The molecule has 1 saturated heterocycles. The zero-order valence-electron chi connectivity index (χ0n) is 18.5. The van der Waals surface area contributed by atoms with Gasteiger partial charge in [-0.25, -0.2) is 0 Å². The number of pyridine rings is 1. The highest BCUT2D eigenvalue weighted by Gasteiger charge is 2.45. The fourth-order valence-corrected chi connectivity index (χ4v) is 7.10. The molecule has 0 N–H and O–H groups in total. The maximum absolute atomic E-state index is 12.1. The molecular formula is C26H25ClN2O3S. The summed E-state index contributed by atoms with van der Waals surface area (Å²) in [5.41, 5.74) is 3.91. The van der Waals surface area contributed by atoms with Crippen LogP contribution in [0.1, 0.15) is 49.0 Å². The number of likely N-dealkylation sites (tertiary alicyclic amines) is 1. The molecule has 1 aliphatic heterocycles. The number of benzene rings is 1. The van der Waals surface area contributed by atoms with Gasteiger partial charge in [0.15, 0.2) is 0 Å². The van der Waals surface area contributed by atoms with E-state index in [9.17, 15) is 9.59 Å². The molecule has 5 nitrogen and oxygen atoms in total. The van der Waals surface area contributed by atoms with Crippen LogP contribution in [0.15, 0.2) is 30.5 Å². The number of aryl methyl sites for hydroxylation is 1. The summed E-state index contributed by atoms with van der Waals surface area (Å²) in [4.78, 5) is 31.1. The van der Waals surface area contributed by atoms with E-state index in [0.717, 1.165) is 37.5 Å². The Morgan fingerprint density at radius 2 is 1.88 bits per heavy atom. The van der Waals surface area contributed by atoms with Crippen molar-refractivity contribution in [1.82, 2.24) is 9.88 Å². The Morgan fingerprint density at radius 3 is 2.61 bits per heavy atom. The van der Waals surface area contributed by atoms with Crippen molar-refractivity contribution in [1.29, 1.82) is 0 Å². The molecule has 3 heterocycles. The first kappa shape index (κ1) is 21.1. The molecule has 33 heavy (non-hydrogen) atoms. The van der Waals surface area contributed by atoms with Crippen LogP contribution in [0.3, 0.4) is 0 Å². The predicted octanol–water partition coefficient (Wildman–Crippen LogP) is 6.14. The highest BCUT2D eigenvalue weighted by molar-refractivity contribution is 7.19. The number of ether oxygens (including phenoxy) is 1. The molecule has 7 heteroatoms. The second-order valence-electron chi connectivity index (χ2n) is 9.53. The smallest absolute Gasteiger partial charge is 0.230 e. The van der Waals surface area contributed by atoms with E-state index < -0.39 is 0 Å². The lowest BCUT2D eigenvalue weighted by molar-refractivity contribution is -0.138. The van der Waals surface area contributed by atoms with Crippen molar-refractivity contribution in [2.75, 3.05) is 0 Å². The van der Waals surface area contributed by atoms with Crippen LogP contribution in [0.2, 0.25) is 5.02 Å². The van der Waals surface area contributed by atoms with Gasteiger partial charge in [-0.3, -0.25) is 19.5 Å². The maximum atomic E-state index is 12.1. The Kier molecular flexibility index (Phi) is 5.18. The van der Waals surface area contributed by atoms with Crippen LogP contribution in [-0.4, -0.2) is 27.8 Å². The Labute approximate surface area is 201 Å². The van der Waals surface area contributed by atoms with E-state index >= 15 is 0 Å². The van der Waals surface area contributed by atoms with Crippen molar-refractivity contribution in [3.05, 3.63) is 45.9 Å². The molecule has 3 fully saturated rings. The van der Waals surface area contributed by atoms with E-state index in [1.54, 1.807) is 17.5 Å². The molecule has 3 aliphatic rings. The molecule has 0 radical (unpaired) electrons. The molecule has 3 aromatic rings. The lowest BCUT2D eigenvalue weighted by Crippen LogP contribution is -2.49. The van der Waals surface area contributed by atoms with Crippen LogP contribution in [0.4, 0.5) is 0 Å². The number of carbonyl (C=O) groups excluding carboxylic acids is 2. The number of aromatic nitrogens is 1. The number of nitrogens with zero attached hydrogens (tertiary/aromatic N) is 2. The highest BCUT2D eigenvalue weighted by Crippen LogP contribution is 2.50. The van der Waals surface area contributed by atoms with E-state index in [4.69, 9.17) is 16.3 Å². The highest BCUT2D eigenvalue weighted by atomic mass is 35.5. The third kappa shape index (κ3) is 3.64. The lowest BCUT2D eigenvalue weighted by Gasteiger charge is -2.49. The lowest BCUT2D eigenvalue weighted by atomic mass is 9.63. The zero-order valence-corrected chi connectivity index (χ0v) is 20.0. The third-order valence-electron chi connectivity index (χ3n) is 7.40. The summed E-state index contributed by atoms with van der Waals surface area (Å²) >= 11 is 8.08. The Hall–Kier alpha value is -2.44. The normalized spacial score (nSPS) is 24.4. The quantitative estimate of drug-likeness (QED) is 0.411. The molecule has 1 aromatic carbocycles. The minimum Gasteiger partial charge on any atom is -0.489 e. The number of halogens is 1. The average Bonchev–Trinajstić information content (AvgIpc) is 3.36. The van der Waals surface area contributed by atoms with Crippen molar-refractivity contribution < 1.29 is 14.3 Å². The number of hydrogen-bond acceptors (Lipinski definition) is 5. The Balaban J connectivity index is 1.39. The van der Waals surface area contributed by atoms with Gasteiger partial charge >= 0.3 is 0 Å². The van der Waals surface area contributed by atoms with Gasteiger partial charge in [-0.2, -0.15) is 0 Å². The molecule has 2 amide bonds. The zero-order chi connectivity index (χ0) is 22.7. The Bertz CT molecular complexity index is 1260. The van der Waals surface area contributed by atoms with Gasteiger partial charge in [-0.15, -0.1) is 11.3 Å². The van der Waals surface area contributed by atoms with Crippen LogP contribution in [-0.2, 0) is 16.1 Å². The molecule has 3 atom stereocenters. The van der Waals surface area contributed by atoms with Crippen LogP contribution >= 0.6 is 22.9 Å². The molecule has 2 saturated carbocycles. The van der Waals surface area contributed by atoms with Gasteiger partial charge in [0, 0.05) is 40.1 Å². The van der Waals surface area contributed by atoms with Crippen molar-refractivity contribution >= 4 is 45.0 Å². The molecule has 1 unspecified atom stereocenters. The maximum Gasteiger partial charge on any atom is 0.230 e. The largest absolute Gasteiger partial charge is 0.489 e. The molecule has 6 rings (SSSR count). The summed E-state index contributed by atoms with van der Waals surface area (Å²) in [5, 5.41) is 0.679. The molecule has 170 valence electrons. The Morgan fingerprint density at radius 1 is 1.12 bits per heavy atom. The van der Waals surface area contributed by atoms with Gasteiger partial charge < -0.3 is 4.74 Å². The van der Waals surface area contributed by atoms with Crippen molar-refractivity contribution in [3.63, 3.8) is 0 Å². The second kappa shape index (κ2) is 8.10. The molecule has 2 bridgehead atoms. The van der Waals surface area contributed by atoms with Gasteiger partial charge in [0.05, 0.1) is 16.8 Å². The van der Waals surface area contributed by atoms with Crippen LogP contribution in [0.25, 0.3) is 21.3 Å². The number of amides is 2. The summed E-state index contributed by atoms with van der Waals surface area (Å²) in [7, 11) is 0. The minimum absolute atomic E-state index is 0.0992. The summed E-state index contributed by atoms with van der Waals surface area (Å²) in [6.07, 6.45) is 7.81. The number of fused-ring (bicyclic) bond motifs is 3. The second-order valence-corrected chi connectivity index (χ2v) is 11.1. The first-order chi connectivity index (χ1) is 16.0. The van der Waals surface area contributed by atoms with Gasteiger partial charge in [0.2, 0.25) is 11.8 Å². The molecular weight excluding hydrogens is 456 g/mol. The van der Waals surface area contributed by atoms with Gasteiger partial charge in [-0.05, 0) is 67.9 Å². The van der Waals surface area contributed by atoms with Crippen molar-refractivity contribution in [3.8, 4) is 16.9 Å². The fraction of sp³-hybridized carbons (Fsp3) is 0.423. The summed E-state index contributed by atoms with van der Waals surface area (Å²) in [6.45, 7) is 2.36. The topological polar surface area (TPSA) is 59.5 Å². The van der Waals surface area contributed by atoms with Gasteiger partial charge in [0.25, 0.3) is 0 Å². The number of thiophene rings is 1. The van der Waals surface area contributed by atoms with Crippen LogP contribution in [0, 0.1) is 18.8 Å². The first-order valence-electron chi connectivity index (χ1n) is 11.7. The number of carbonyl (C=O) groups is 2. The van der Waals surface area contributed by atoms with E-state index in [0.29, 0.717) is 42.3 Å². The van der Waals surface area contributed by atoms with Gasteiger partial charge in [0.1, 0.15) is 11.9 Å². The number of imide groups is 1. The monoisotopic (exact) mass is 480 g/mol. The van der Waals surface area contributed by atoms with Crippen LogP contribution in [0.5, 0.6) is 5.75 Å². The van der Waals surface area contributed by atoms with Crippen LogP contribution < -0.4 is 4.74 Å². The summed E-state index contributed by atoms with van der Waals surface area (Å²) in [6, 6.07) is 7.95. The predicted molar refractivity (Wildman–Crippen MR) is 129 cm³/mol. The van der Waals surface area contributed by atoms with E-state index in [2.05, 4.69) is 11.9 Å². The van der Waals surface area contributed by atoms with E-state index in [1.165, 1.54) is 30.6 Å². The standard InChI is InChI=1S/C26H25ClN2O3S/c1-14-9-17(27)11-20(24(14)32-25-15-3-2-4-16(25)10-15)19-7-8-28-21-12-18(33-26(19)21)13-29-22(30)5-6-23(29)31/h7-9,11-12,15-16,25H,2-6,10,13H2,1H3/t15-,16+,25?.